The molecule has 0 radical (unpaired) electrons. The fourth-order valence-corrected chi connectivity index (χ4v) is 4.20. The maximum atomic E-state index is 13.1. The van der Waals surface area contributed by atoms with E-state index in [0.717, 1.165) is 12.8 Å². The van der Waals surface area contributed by atoms with Gasteiger partial charge in [-0.2, -0.15) is 0 Å². The molecular formula is C20H23F3N2O4. The smallest absolute Gasteiger partial charge is 0.446 e. The van der Waals surface area contributed by atoms with E-state index in [1.807, 2.05) is 0 Å². The van der Waals surface area contributed by atoms with Gasteiger partial charge in [0.25, 0.3) is 0 Å². The number of anilines is 1. The monoisotopic (exact) mass is 412 g/mol. The largest absolute Gasteiger partial charge is 0.573 e. The molecule has 3 aliphatic rings. The van der Waals surface area contributed by atoms with Crippen LogP contribution in [0.1, 0.15) is 44.9 Å². The van der Waals surface area contributed by atoms with E-state index in [1.54, 1.807) is 4.90 Å². The first-order valence-corrected chi connectivity index (χ1v) is 9.89. The molecule has 2 amide bonds. The number of carbonyl (C=O) groups is 2. The number of hydrogen-bond acceptors (Lipinski definition) is 4. The maximum Gasteiger partial charge on any atom is 0.573 e. The van der Waals surface area contributed by atoms with E-state index in [9.17, 15) is 22.8 Å². The first-order chi connectivity index (χ1) is 13.7. The Morgan fingerprint density at radius 2 is 1.72 bits per heavy atom. The van der Waals surface area contributed by atoms with Crippen LogP contribution >= 0.6 is 0 Å². The van der Waals surface area contributed by atoms with Crippen molar-refractivity contribution in [3.63, 3.8) is 0 Å². The van der Waals surface area contributed by atoms with Crippen LogP contribution in [0.3, 0.4) is 0 Å². The maximum absolute atomic E-state index is 13.1. The Bertz CT molecular complexity index is 769. The lowest BCUT2D eigenvalue weighted by molar-refractivity contribution is -0.274. The van der Waals surface area contributed by atoms with Crippen LogP contribution in [-0.2, 0) is 9.53 Å². The Labute approximate surface area is 166 Å². The van der Waals surface area contributed by atoms with E-state index < -0.39 is 11.8 Å². The van der Waals surface area contributed by atoms with E-state index in [-0.39, 0.29) is 29.9 Å². The number of amides is 2. The van der Waals surface area contributed by atoms with Gasteiger partial charge in [-0.1, -0.05) is 0 Å². The standard InChI is InChI=1S/C20H23F3N2O4/c21-20(22,23)29-16-5-3-14(4-6-16)25-12-11-19(17(25)26)9-7-15(8-10-19)28-18(27)24-13-1-2-13/h3-6,13,15H,1-2,7-12H2,(H,24,27). The van der Waals surface area contributed by atoms with E-state index in [2.05, 4.69) is 10.1 Å². The summed E-state index contributed by atoms with van der Waals surface area (Å²) in [4.78, 5) is 26.5. The number of ether oxygens (including phenoxy) is 2. The molecule has 1 aliphatic heterocycles. The molecule has 0 aromatic heterocycles. The van der Waals surface area contributed by atoms with Crippen molar-refractivity contribution in [1.29, 1.82) is 0 Å². The molecule has 1 heterocycles. The van der Waals surface area contributed by atoms with Crippen LogP contribution in [-0.4, -0.2) is 37.1 Å². The van der Waals surface area contributed by atoms with Gasteiger partial charge in [0.05, 0.1) is 5.41 Å². The number of benzene rings is 1. The van der Waals surface area contributed by atoms with Gasteiger partial charge < -0.3 is 19.7 Å². The van der Waals surface area contributed by atoms with Crippen LogP contribution < -0.4 is 15.0 Å². The van der Waals surface area contributed by atoms with Gasteiger partial charge in [-0.3, -0.25) is 4.79 Å². The molecule has 158 valence electrons. The molecule has 0 bridgehead atoms. The second kappa shape index (κ2) is 7.42. The predicted octanol–water partition coefficient (Wildman–Crippen LogP) is 4.14. The quantitative estimate of drug-likeness (QED) is 0.807. The third-order valence-corrected chi connectivity index (χ3v) is 5.96. The minimum absolute atomic E-state index is 0.0112. The summed E-state index contributed by atoms with van der Waals surface area (Å²) < 4.78 is 46.2. The predicted molar refractivity (Wildman–Crippen MR) is 97.4 cm³/mol. The van der Waals surface area contributed by atoms with E-state index >= 15 is 0 Å². The number of carbonyl (C=O) groups excluding carboxylic acids is 2. The molecule has 3 fully saturated rings. The molecule has 6 nitrogen and oxygen atoms in total. The highest BCUT2D eigenvalue weighted by Gasteiger charge is 2.49. The van der Waals surface area contributed by atoms with Gasteiger partial charge in [0.2, 0.25) is 5.91 Å². The summed E-state index contributed by atoms with van der Waals surface area (Å²) in [7, 11) is 0. The van der Waals surface area contributed by atoms with Crippen molar-refractivity contribution in [3.05, 3.63) is 24.3 Å². The van der Waals surface area contributed by atoms with E-state index in [1.165, 1.54) is 24.3 Å². The third-order valence-electron chi connectivity index (χ3n) is 5.96. The highest BCUT2D eigenvalue weighted by Crippen LogP contribution is 2.46. The molecule has 9 heteroatoms. The Hall–Kier alpha value is -2.45. The van der Waals surface area contributed by atoms with E-state index in [4.69, 9.17) is 4.74 Å². The molecule has 1 saturated heterocycles. The summed E-state index contributed by atoms with van der Waals surface area (Å²) in [6.45, 7) is 0.520. The van der Waals surface area contributed by atoms with Crippen LogP contribution in [0, 0.1) is 5.41 Å². The number of halogens is 3. The Morgan fingerprint density at radius 3 is 2.31 bits per heavy atom. The van der Waals surface area contributed by atoms with Gasteiger partial charge in [0, 0.05) is 18.3 Å². The zero-order valence-electron chi connectivity index (χ0n) is 15.8. The summed E-state index contributed by atoms with van der Waals surface area (Å²) in [6, 6.07) is 5.61. The average Bonchev–Trinajstić information content (AvgIpc) is 3.41. The lowest BCUT2D eigenvalue weighted by Gasteiger charge is -2.35. The molecule has 0 atom stereocenters. The second-order valence-corrected chi connectivity index (χ2v) is 8.05. The number of alkyl halides is 3. The molecular weight excluding hydrogens is 389 g/mol. The minimum atomic E-state index is -4.74. The zero-order valence-corrected chi connectivity index (χ0v) is 15.8. The Balaban J connectivity index is 1.33. The summed E-state index contributed by atoms with van der Waals surface area (Å²) in [5.74, 6) is -0.326. The fourth-order valence-electron chi connectivity index (χ4n) is 4.20. The van der Waals surface area contributed by atoms with Gasteiger partial charge in [0.15, 0.2) is 0 Å². The van der Waals surface area contributed by atoms with Crippen molar-refractivity contribution >= 4 is 17.7 Å². The van der Waals surface area contributed by atoms with Gasteiger partial charge in [0.1, 0.15) is 11.9 Å². The van der Waals surface area contributed by atoms with Crippen LogP contribution in [0.15, 0.2) is 24.3 Å². The third kappa shape index (κ3) is 4.59. The Morgan fingerprint density at radius 1 is 1.07 bits per heavy atom. The van der Waals surface area contributed by atoms with Crippen LogP contribution in [0.25, 0.3) is 0 Å². The first-order valence-electron chi connectivity index (χ1n) is 9.89. The molecule has 1 N–H and O–H groups in total. The van der Waals surface area contributed by atoms with Crippen molar-refractivity contribution in [2.75, 3.05) is 11.4 Å². The van der Waals surface area contributed by atoms with Gasteiger partial charge in [-0.05, 0) is 69.2 Å². The zero-order chi connectivity index (χ0) is 20.6. The number of hydrogen-bond donors (Lipinski definition) is 1. The summed E-state index contributed by atoms with van der Waals surface area (Å²) in [6.07, 6.45) is -0.0790. The topological polar surface area (TPSA) is 67.9 Å². The van der Waals surface area contributed by atoms with Gasteiger partial charge in [-0.25, -0.2) is 4.79 Å². The van der Waals surface area contributed by atoms with Crippen molar-refractivity contribution in [3.8, 4) is 5.75 Å². The molecule has 2 aliphatic carbocycles. The lowest BCUT2D eigenvalue weighted by atomic mass is 9.72. The van der Waals surface area contributed by atoms with Crippen LogP contribution in [0.2, 0.25) is 0 Å². The molecule has 0 unspecified atom stereocenters. The van der Waals surface area contributed by atoms with Gasteiger partial charge in [-0.15, -0.1) is 13.2 Å². The summed E-state index contributed by atoms with van der Waals surface area (Å²) >= 11 is 0. The summed E-state index contributed by atoms with van der Waals surface area (Å²) in [5, 5.41) is 2.80. The molecule has 2 saturated carbocycles. The van der Waals surface area contributed by atoms with Crippen molar-refractivity contribution in [1.82, 2.24) is 5.32 Å². The van der Waals surface area contributed by atoms with Gasteiger partial charge >= 0.3 is 12.5 Å². The Kier molecular flexibility index (Phi) is 5.08. The molecule has 29 heavy (non-hydrogen) atoms. The van der Waals surface area contributed by atoms with Crippen LogP contribution in [0.4, 0.5) is 23.7 Å². The molecule has 1 aromatic rings. The number of rotatable bonds is 4. The lowest BCUT2D eigenvalue weighted by Crippen LogP contribution is -2.40. The molecule has 1 spiro atoms. The molecule has 1 aromatic carbocycles. The SMILES string of the molecule is O=C(NC1CC1)OC1CCC2(CC1)CCN(c1ccc(OC(F)(F)F)cc1)C2=O. The summed E-state index contributed by atoms with van der Waals surface area (Å²) in [5.41, 5.74) is 0.0807. The van der Waals surface area contributed by atoms with Crippen molar-refractivity contribution in [2.45, 2.75) is 63.5 Å². The number of nitrogens with zero attached hydrogens (tertiary/aromatic N) is 1. The number of alkyl carbamates (subject to hydrolysis) is 1. The van der Waals surface area contributed by atoms with Crippen molar-refractivity contribution in [2.24, 2.45) is 5.41 Å². The second-order valence-electron chi connectivity index (χ2n) is 8.05. The highest BCUT2D eigenvalue weighted by molar-refractivity contribution is 6.00. The minimum Gasteiger partial charge on any atom is -0.446 e. The fraction of sp³-hybridized carbons (Fsp3) is 0.600. The van der Waals surface area contributed by atoms with Crippen molar-refractivity contribution < 1.29 is 32.2 Å². The number of nitrogens with one attached hydrogen (secondary N) is 1. The van der Waals surface area contributed by atoms with E-state index in [0.29, 0.717) is 44.3 Å². The first kappa shape index (κ1) is 19.8. The van der Waals surface area contributed by atoms with Crippen LogP contribution in [0.5, 0.6) is 5.75 Å². The molecule has 4 rings (SSSR count). The highest BCUT2D eigenvalue weighted by atomic mass is 19.4. The normalized spacial score (nSPS) is 27.2. The average molecular weight is 412 g/mol.